The van der Waals surface area contributed by atoms with Crippen molar-refractivity contribution in [2.24, 2.45) is 0 Å². The molecule has 0 aliphatic rings. The molecule has 0 bridgehead atoms. The van der Waals surface area contributed by atoms with Gasteiger partial charge in [0.05, 0.1) is 5.25 Å². The van der Waals surface area contributed by atoms with Gasteiger partial charge in [-0.3, -0.25) is 25.4 Å². The van der Waals surface area contributed by atoms with Crippen LogP contribution in [0.4, 0.5) is 0 Å². The molecule has 2 aromatic rings. The number of benzene rings is 1. The average Bonchev–Trinajstić information content (AvgIpc) is 2.55. The van der Waals surface area contributed by atoms with E-state index in [2.05, 4.69) is 15.8 Å². The smallest absolute Gasteiger partial charge is 0.269 e. The third kappa shape index (κ3) is 4.75. The lowest BCUT2D eigenvalue weighted by Gasteiger charge is -2.12. The van der Waals surface area contributed by atoms with Crippen molar-refractivity contribution < 1.29 is 9.59 Å². The van der Waals surface area contributed by atoms with Crippen molar-refractivity contribution in [1.82, 2.24) is 15.8 Å². The molecule has 114 valence electrons. The molecule has 1 heterocycles. The zero-order chi connectivity index (χ0) is 15.9. The van der Waals surface area contributed by atoms with Crippen molar-refractivity contribution >= 4 is 35.2 Å². The fraction of sp³-hybridized carbons (Fsp3) is 0.133. The minimum absolute atomic E-state index is 0.289. The predicted octanol–water partition coefficient (Wildman–Crippen LogP) is 2.68. The molecule has 0 spiro atoms. The highest BCUT2D eigenvalue weighted by Crippen LogP contribution is 2.24. The zero-order valence-electron chi connectivity index (χ0n) is 11.7. The maximum Gasteiger partial charge on any atom is 0.269 e. The fourth-order valence-electron chi connectivity index (χ4n) is 1.57. The van der Waals surface area contributed by atoms with Crippen LogP contribution in [0.15, 0.2) is 53.7 Å². The van der Waals surface area contributed by atoms with Crippen molar-refractivity contribution in [3.8, 4) is 0 Å². The second-order valence-corrected chi connectivity index (χ2v) is 6.24. The Morgan fingerprint density at radius 3 is 2.36 bits per heavy atom. The normalized spacial score (nSPS) is 11.5. The van der Waals surface area contributed by atoms with Crippen LogP contribution in [0.3, 0.4) is 0 Å². The summed E-state index contributed by atoms with van der Waals surface area (Å²) < 4.78 is 0. The molecule has 0 aliphatic carbocycles. The van der Waals surface area contributed by atoms with Crippen molar-refractivity contribution in [3.63, 3.8) is 0 Å². The van der Waals surface area contributed by atoms with E-state index in [0.717, 1.165) is 4.90 Å². The van der Waals surface area contributed by atoms with Gasteiger partial charge >= 0.3 is 0 Å². The van der Waals surface area contributed by atoms with Gasteiger partial charge in [-0.1, -0.05) is 11.6 Å². The van der Waals surface area contributed by atoms with E-state index in [1.807, 2.05) is 12.1 Å². The lowest BCUT2D eigenvalue weighted by Crippen LogP contribution is -2.44. The Bertz CT molecular complexity index is 650. The maximum atomic E-state index is 12.0. The first kappa shape index (κ1) is 16.3. The number of nitrogens with zero attached hydrogens (tertiary/aromatic N) is 1. The summed E-state index contributed by atoms with van der Waals surface area (Å²) in [6, 6.07) is 10.3. The number of thioether (sulfide) groups is 1. The van der Waals surface area contributed by atoms with Gasteiger partial charge in [-0.25, -0.2) is 0 Å². The highest BCUT2D eigenvalue weighted by Gasteiger charge is 2.15. The number of carbonyl (C=O) groups excluding carboxylic acids is 2. The molecular formula is C15H14ClN3O2S. The summed E-state index contributed by atoms with van der Waals surface area (Å²) in [5, 5.41) is 0.282. The third-order valence-electron chi connectivity index (χ3n) is 2.74. The summed E-state index contributed by atoms with van der Waals surface area (Å²) in [4.78, 5) is 28.5. The van der Waals surface area contributed by atoms with E-state index >= 15 is 0 Å². The van der Waals surface area contributed by atoms with Crippen LogP contribution in [0.1, 0.15) is 17.3 Å². The van der Waals surface area contributed by atoms with E-state index in [1.165, 1.54) is 24.2 Å². The van der Waals surface area contributed by atoms with Crippen LogP contribution < -0.4 is 10.9 Å². The third-order valence-corrected chi connectivity index (χ3v) is 4.10. The van der Waals surface area contributed by atoms with Crippen LogP contribution in [0.5, 0.6) is 0 Å². The van der Waals surface area contributed by atoms with Gasteiger partial charge in [-0.15, -0.1) is 11.8 Å². The Hall–Kier alpha value is -2.05. The molecule has 1 aromatic carbocycles. The second-order valence-electron chi connectivity index (χ2n) is 4.39. The van der Waals surface area contributed by atoms with Gasteiger partial charge in [0.15, 0.2) is 0 Å². The Balaban J connectivity index is 1.84. The quantitative estimate of drug-likeness (QED) is 0.665. The highest BCUT2D eigenvalue weighted by molar-refractivity contribution is 8.00. The fourth-order valence-corrected chi connectivity index (χ4v) is 2.56. The molecule has 2 N–H and O–H groups in total. The summed E-state index contributed by atoms with van der Waals surface area (Å²) in [6.07, 6.45) is 3.02. The van der Waals surface area contributed by atoms with E-state index < -0.39 is 0 Å². The van der Waals surface area contributed by atoms with Gasteiger partial charge in [0.25, 0.3) is 11.8 Å². The molecule has 2 amide bonds. The number of amides is 2. The monoisotopic (exact) mass is 335 g/mol. The first-order valence-electron chi connectivity index (χ1n) is 6.48. The van der Waals surface area contributed by atoms with E-state index in [-0.39, 0.29) is 17.1 Å². The summed E-state index contributed by atoms with van der Waals surface area (Å²) in [5.74, 6) is -0.679. The largest absolute Gasteiger partial charge is 0.272 e. The van der Waals surface area contributed by atoms with Gasteiger partial charge in [0.1, 0.15) is 0 Å². The van der Waals surface area contributed by atoms with E-state index in [0.29, 0.717) is 10.6 Å². The number of halogens is 1. The SMILES string of the molecule is C[C@@H](Sc1ccc(Cl)cc1)C(=O)NNC(=O)c1ccncc1. The molecule has 0 unspecified atom stereocenters. The number of hydrogen-bond acceptors (Lipinski definition) is 4. The zero-order valence-corrected chi connectivity index (χ0v) is 13.3. The van der Waals surface area contributed by atoms with Crippen molar-refractivity contribution in [3.05, 3.63) is 59.4 Å². The Morgan fingerprint density at radius 1 is 1.09 bits per heavy atom. The van der Waals surface area contributed by atoms with Gasteiger partial charge in [-0.2, -0.15) is 0 Å². The van der Waals surface area contributed by atoms with E-state index in [1.54, 1.807) is 31.2 Å². The van der Waals surface area contributed by atoms with Crippen LogP contribution >= 0.6 is 23.4 Å². The van der Waals surface area contributed by atoms with Crippen molar-refractivity contribution in [2.75, 3.05) is 0 Å². The van der Waals surface area contributed by atoms with Crippen LogP contribution in [0.25, 0.3) is 0 Å². The molecule has 7 heteroatoms. The summed E-state index contributed by atoms with van der Waals surface area (Å²) in [5.41, 5.74) is 5.20. The molecule has 1 aromatic heterocycles. The van der Waals surface area contributed by atoms with E-state index in [4.69, 9.17) is 11.6 Å². The Kier molecular flexibility index (Phi) is 5.80. The second kappa shape index (κ2) is 7.82. The number of pyridine rings is 1. The van der Waals surface area contributed by atoms with Gasteiger partial charge in [0.2, 0.25) is 0 Å². The number of rotatable bonds is 4. The standard InChI is InChI=1S/C15H14ClN3O2S/c1-10(22-13-4-2-12(16)3-5-13)14(20)18-19-15(21)11-6-8-17-9-7-11/h2-10H,1H3,(H,18,20)(H,19,21)/t10-/m1/s1. The minimum atomic E-state index is -0.389. The summed E-state index contributed by atoms with van der Waals surface area (Å²) in [7, 11) is 0. The molecule has 0 saturated carbocycles. The summed E-state index contributed by atoms with van der Waals surface area (Å²) in [6.45, 7) is 1.76. The predicted molar refractivity (Wildman–Crippen MR) is 86.6 cm³/mol. The van der Waals surface area contributed by atoms with Crippen LogP contribution in [0, 0.1) is 0 Å². The van der Waals surface area contributed by atoms with E-state index in [9.17, 15) is 9.59 Å². The number of aromatic nitrogens is 1. The van der Waals surface area contributed by atoms with Crippen LogP contribution in [-0.4, -0.2) is 22.0 Å². The topological polar surface area (TPSA) is 71.1 Å². The molecule has 0 radical (unpaired) electrons. The number of hydrogen-bond donors (Lipinski definition) is 2. The van der Waals surface area contributed by atoms with Gasteiger partial charge in [0, 0.05) is 27.9 Å². The lowest BCUT2D eigenvalue weighted by molar-refractivity contribution is -0.121. The van der Waals surface area contributed by atoms with Crippen molar-refractivity contribution in [2.45, 2.75) is 17.1 Å². The van der Waals surface area contributed by atoms with Crippen LogP contribution in [0.2, 0.25) is 5.02 Å². The summed E-state index contributed by atoms with van der Waals surface area (Å²) >= 11 is 7.19. The first-order chi connectivity index (χ1) is 10.6. The van der Waals surface area contributed by atoms with Gasteiger partial charge in [-0.05, 0) is 43.3 Å². The Labute approximate surface area is 137 Å². The molecular weight excluding hydrogens is 322 g/mol. The molecule has 22 heavy (non-hydrogen) atoms. The van der Waals surface area contributed by atoms with Crippen LogP contribution in [-0.2, 0) is 4.79 Å². The number of carbonyl (C=O) groups is 2. The molecule has 0 aliphatic heterocycles. The first-order valence-corrected chi connectivity index (χ1v) is 7.74. The molecule has 5 nitrogen and oxygen atoms in total. The number of nitrogens with one attached hydrogen (secondary N) is 2. The molecule has 2 rings (SSSR count). The number of hydrazine groups is 1. The van der Waals surface area contributed by atoms with Gasteiger partial charge < -0.3 is 0 Å². The molecule has 1 atom stereocenters. The Morgan fingerprint density at radius 2 is 1.73 bits per heavy atom. The maximum absolute atomic E-state index is 12.0. The minimum Gasteiger partial charge on any atom is -0.272 e. The molecule has 0 saturated heterocycles. The highest BCUT2D eigenvalue weighted by atomic mass is 35.5. The average molecular weight is 336 g/mol. The lowest BCUT2D eigenvalue weighted by atomic mass is 10.3. The van der Waals surface area contributed by atoms with Crippen molar-refractivity contribution in [1.29, 1.82) is 0 Å². The molecule has 0 fully saturated rings.